The molecule has 0 atom stereocenters. The Morgan fingerprint density at radius 1 is 0.950 bits per heavy atom. The van der Waals surface area contributed by atoms with Gasteiger partial charge in [0, 0.05) is 6.54 Å². The molecule has 2 aromatic carbocycles. The predicted molar refractivity (Wildman–Crippen MR) is 88.3 cm³/mol. The number of benzene rings is 2. The number of rotatable bonds is 5. The van der Waals surface area contributed by atoms with Gasteiger partial charge < -0.3 is 11.1 Å². The van der Waals surface area contributed by atoms with E-state index >= 15 is 0 Å². The molecule has 2 rings (SSSR count). The van der Waals surface area contributed by atoms with Crippen molar-refractivity contribution in [1.82, 2.24) is 0 Å². The fraction of sp³-hybridized carbons (Fsp3) is 0.333. The monoisotopic (exact) mass is 268 g/mol. The topological polar surface area (TPSA) is 38.0 Å². The van der Waals surface area contributed by atoms with Crippen molar-refractivity contribution < 1.29 is 0 Å². The Kier molecular flexibility index (Phi) is 4.67. The standard InChI is InChI=1S/C18H24N2/c1-4-15-5-7-16(8-6-15)9-10-20-18-12-14(3)13(2)11-17(18)19/h5-8,11-12,20H,4,9-10,19H2,1-3H3. The van der Waals surface area contributed by atoms with Crippen LogP contribution < -0.4 is 11.1 Å². The lowest BCUT2D eigenvalue weighted by molar-refractivity contribution is 1.01. The number of nitrogen functional groups attached to an aromatic ring is 1. The molecule has 0 aliphatic heterocycles. The van der Waals surface area contributed by atoms with Gasteiger partial charge in [-0.05, 0) is 61.1 Å². The van der Waals surface area contributed by atoms with E-state index in [2.05, 4.69) is 56.4 Å². The molecule has 20 heavy (non-hydrogen) atoms. The molecule has 0 saturated carbocycles. The van der Waals surface area contributed by atoms with Crippen LogP contribution in [0.1, 0.15) is 29.2 Å². The Balaban J connectivity index is 1.94. The van der Waals surface area contributed by atoms with Crippen LogP contribution in [-0.4, -0.2) is 6.54 Å². The Bertz CT molecular complexity index is 571. The van der Waals surface area contributed by atoms with E-state index in [1.165, 1.54) is 22.3 Å². The summed E-state index contributed by atoms with van der Waals surface area (Å²) in [6.45, 7) is 7.28. The summed E-state index contributed by atoms with van der Waals surface area (Å²) in [5.41, 5.74) is 13.2. The summed E-state index contributed by atoms with van der Waals surface area (Å²) in [4.78, 5) is 0. The summed E-state index contributed by atoms with van der Waals surface area (Å²) in [5.74, 6) is 0. The zero-order valence-electron chi connectivity index (χ0n) is 12.7. The number of nitrogens with two attached hydrogens (primary N) is 1. The van der Waals surface area contributed by atoms with Gasteiger partial charge in [-0.25, -0.2) is 0 Å². The molecule has 0 aromatic heterocycles. The van der Waals surface area contributed by atoms with E-state index in [1.807, 2.05) is 6.07 Å². The van der Waals surface area contributed by atoms with Crippen LogP contribution in [0.25, 0.3) is 0 Å². The molecule has 2 heteroatoms. The normalized spacial score (nSPS) is 10.6. The van der Waals surface area contributed by atoms with Gasteiger partial charge in [0.2, 0.25) is 0 Å². The van der Waals surface area contributed by atoms with Gasteiger partial charge in [-0.2, -0.15) is 0 Å². The first-order chi connectivity index (χ1) is 9.60. The fourth-order valence-corrected chi connectivity index (χ4v) is 2.27. The van der Waals surface area contributed by atoms with Gasteiger partial charge in [-0.3, -0.25) is 0 Å². The molecular formula is C18H24N2. The van der Waals surface area contributed by atoms with Gasteiger partial charge in [0.25, 0.3) is 0 Å². The summed E-state index contributed by atoms with van der Waals surface area (Å²) in [6, 6.07) is 13.0. The highest BCUT2D eigenvalue weighted by molar-refractivity contribution is 5.68. The van der Waals surface area contributed by atoms with Crippen LogP contribution in [-0.2, 0) is 12.8 Å². The predicted octanol–water partition coefficient (Wildman–Crippen LogP) is 4.10. The van der Waals surface area contributed by atoms with Gasteiger partial charge in [0.05, 0.1) is 11.4 Å². The van der Waals surface area contributed by atoms with Gasteiger partial charge >= 0.3 is 0 Å². The average molecular weight is 268 g/mol. The van der Waals surface area contributed by atoms with Crippen LogP contribution in [0.4, 0.5) is 11.4 Å². The van der Waals surface area contributed by atoms with Crippen molar-refractivity contribution in [1.29, 1.82) is 0 Å². The highest BCUT2D eigenvalue weighted by Gasteiger charge is 2.02. The molecule has 0 aliphatic carbocycles. The summed E-state index contributed by atoms with van der Waals surface area (Å²) in [7, 11) is 0. The Morgan fingerprint density at radius 2 is 1.55 bits per heavy atom. The minimum absolute atomic E-state index is 0.828. The zero-order valence-corrected chi connectivity index (χ0v) is 12.7. The van der Waals surface area contributed by atoms with E-state index in [-0.39, 0.29) is 0 Å². The minimum Gasteiger partial charge on any atom is -0.397 e. The minimum atomic E-state index is 0.828. The summed E-state index contributed by atoms with van der Waals surface area (Å²) in [5, 5.41) is 3.43. The second-order valence-electron chi connectivity index (χ2n) is 5.37. The first-order valence-electron chi connectivity index (χ1n) is 7.28. The van der Waals surface area contributed by atoms with E-state index < -0.39 is 0 Å². The molecule has 3 N–H and O–H groups in total. The van der Waals surface area contributed by atoms with Gasteiger partial charge in [0.15, 0.2) is 0 Å². The van der Waals surface area contributed by atoms with Crippen molar-refractivity contribution in [2.45, 2.75) is 33.6 Å². The summed E-state index contributed by atoms with van der Waals surface area (Å²) < 4.78 is 0. The van der Waals surface area contributed by atoms with E-state index in [0.717, 1.165) is 30.8 Å². The molecule has 0 amide bonds. The molecule has 0 saturated heterocycles. The summed E-state index contributed by atoms with van der Waals surface area (Å²) >= 11 is 0. The highest BCUT2D eigenvalue weighted by Crippen LogP contribution is 2.22. The van der Waals surface area contributed by atoms with E-state index in [4.69, 9.17) is 5.73 Å². The third-order valence-electron chi connectivity index (χ3n) is 3.83. The van der Waals surface area contributed by atoms with Crippen LogP contribution in [0.3, 0.4) is 0 Å². The number of hydrogen-bond acceptors (Lipinski definition) is 2. The number of aryl methyl sites for hydroxylation is 3. The maximum absolute atomic E-state index is 6.05. The number of nitrogens with one attached hydrogen (secondary N) is 1. The van der Waals surface area contributed by atoms with E-state index in [1.54, 1.807) is 0 Å². The maximum atomic E-state index is 6.05. The Labute approximate surface area is 122 Å². The lowest BCUT2D eigenvalue weighted by Gasteiger charge is -2.12. The van der Waals surface area contributed by atoms with E-state index in [0.29, 0.717) is 0 Å². The van der Waals surface area contributed by atoms with Crippen LogP contribution in [0.2, 0.25) is 0 Å². The van der Waals surface area contributed by atoms with Crippen molar-refractivity contribution in [3.05, 3.63) is 58.7 Å². The van der Waals surface area contributed by atoms with Crippen molar-refractivity contribution >= 4 is 11.4 Å². The molecule has 2 aromatic rings. The molecule has 0 aliphatic rings. The third-order valence-corrected chi connectivity index (χ3v) is 3.83. The Morgan fingerprint density at radius 3 is 2.20 bits per heavy atom. The van der Waals surface area contributed by atoms with E-state index in [9.17, 15) is 0 Å². The maximum Gasteiger partial charge on any atom is 0.0576 e. The highest BCUT2D eigenvalue weighted by atomic mass is 14.9. The molecule has 0 bridgehead atoms. The molecule has 0 radical (unpaired) electrons. The lowest BCUT2D eigenvalue weighted by atomic mass is 10.1. The van der Waals surface area contributed by atoms with Crippen LogP contribution in [0.15, 0.2) is 36.4 Å². The fourth-order valence-electron chi connectivity index (χ4n) is 2.27. The number of hydrogen-bond donors (Lipinski definition) is 2. The Hall–Kier alpha value is -1.96. The molecular weight excluding hydrogens is 244 g/mol. The average Bonchev–Trinajstić information content (AvgIpc) is 2.45. The molecule has 0 fully saturated rings. The first kappa shape index (κ1) is 14.4. The van der Waals surface area contributed by atoms with Crippen molar-refractivity contribution in [3.8, 4) is 0 Å². The van der Waals surface area contributed by atoms with Crippen molar-refractivity contribution in [2.24, 2.45) is 0 Å². The van der Waals surface area contributed by atoms with Crippen LogP contribution in [0.5, 0.6) is 0 Å². The van der Waals surface area contributed by atoms with Gasteiger partial charge in [-0.1, -0.05) is 31.2 Å². The largest absolute Gasteiger partial charge is 0.397 e. The van der Waals surface area contributed by atoms with Crippen LogP contribution >= 0.6 is 0 Å². The smallest absolute Gasteiger partial charge is 0.0576 e. The molecule has 0 unspecified atom stereocenters. The van der Waals surface area contributed by atoms with Gasteiger partial charge in [-0.15, -0.1) is 0 Å². The third kappa shape index (κ3) is 3.53. The molecule has 106 valence electrons. The van der Waals surface area contributed by atoms with Gasteiger partial charge in [0.1, 0.15) is 0 Å². The van der Waals surface area contributed by atoms with Crippen LogP contribution in [0, 0.1) is 13.8 Å². The SMILES string of the molecule is CCc1ccc(CCNc2cc(C)c(C)cc2N)cc1. The summed E-state index contributed by atoms with van der Waals surface area (Å²) in [6.07, 6.45) is 2.11. The molecule has 0 spiro atoms. The molecule has 0 heterocycles. The van der Waals surface area contributed by atoms with Crippen molar-refractivity contribution in [2.75, 3.05) is 17.6 Å². The zero-order chi connectivity index (χ0) is 14.5. The first-order valence-corrected chi connectivity index (χ1v) is 7.28. The number of anilines is 2. The quantitative estimate of drug-likeness (QED) is 0.801. The molecule has 2 nitrogen and oxygen atoms in total. The second-order valence-corrected chi connectivity index (χ2v) is 5.37. The lowest BCUT2D eigenvalue weighted by Crippen LogP contribution is -2.07. The van der Waals surface area contributed by atoms with Crippen molar-refractivity contribution in [3.63, 3.8) is 0 Å². The second kappa shape index (κ2) is 6.47.